The maximum Gasteiger partial charge on any atom is 0.324 e. The van der Waals surface area contributed by atoms with Gasteiger partial charge in [0.2, 0.25) is 0 Å². The topological polar surface area (TPSA) is 55.8 Å². The van der Waals surface area contributed by atoms with E-state index < -0.39 is 11.5 Å². The molecule has 0 aromatic heterocycles. The van der Waals surface area contributed by atoms with Gasteiger partial charge >= 0.3 is 5.97 Å². The van der Waals surface area contributed by atoms with Crippen LogP contribution >= 0.6 is 0 Å². The molecule has 0 rings (SSSR count). The molecule has 0 aliphatic heterocycles. The zero-order chi connectivity index (χ0) is 15.1. The summed E-state index contributed by atoms with van der Waals surface area (Å²) in [5, 5.41) is 12.5. The van der Waals surface area contributed by atoms with Crippen LogP contribution in [0.4, 0.5) is 0 Å². The fourth-order valence-corrected chi connectivity index (χ4v) is 2.13. The second-order valence-electron chi connectivity index (χ2n) is 6.10. The molecule has 1 atom stereocenters. The van der Waals surface area contributed by atoms with Gasteiger partial charge in [0.1, 0.15) is 5.54 Å². The maximum atomic E-state index is 11.5. The molecule has 5 heteroatoms. The van der Waals surface area contributed by atoms with Crippen molar-refractivity contribution in [1.29, 1.82) is 0 Å². The SMILES string of the molecule is CCNC(C)(CN(CCN(C)C)CC(C)C)C(=O)O. The van der Waals surface area contributed by atoms with Crippen molar-refractivity contribution in [3.8, 4) is 0 Å². The highest BCUT2D eigenvalue weighted by Crippen LogP contribution is 2.09. The van der Waals surface area contributed by atoms with E-state index in [-0.39, 0.29) is 0 Å². The zero-order valence-electron chi connectivity index (χ0n) is 13.4. The number of carbonyl (C=O) groups is 1. The average molecular weight is 273 g/mol. The molecule has 19 heavy (non-hydrogen) atoms. The third-order valence-corrected chi connectivity index (χ3v) is 3.07. The number of nitrogens with zero attached hydrogens (tertiary/aromatic N) is 2. The van der Waals surface area contributed by atoms with Crippen LogP contribution in [-0.2, 0) is 4.79 Å². The summed E-state index contributed by atoms with van der Waals surface area (Å²) >= 11 is 0. The highest BCUT2D eigenvalue weighted by atomic mass is 16.4. The number of likely N-dealkylation sites (N-methyl/N-ethyl adjacent to an activating group) is 2. The van der Waals surface area contributed by atoms with Gasteiger partial charge in [-0.15, -0.1) is 0 Å². The first kappa shape index (κ1) is 18.4. The number of nitrogens with one attached hydrogen (secondary N) is 1. The van der Waals surface area contributed by atoms with Crippen LogP contribution in [0, 0.1) is 5.92 Å². The first-order valence-corrected chi connectivity index (χ1v) is 7.06. The Morgan fingerprint density at radius 1 is 1.32 bits per heavy atom. The van der Waals surface area contributed by atoms with Crippen LogP contribution in [0.3, 0.4) is 0 Å². The number of hydrogen-bond acceptors (Lipinski definition) is 4. The van der Waals surface area contributed by atoms with E-state index in [1.54, 1.807) is 6.92 Å². The molecule has 0 saturated carbocycles. The summed E-state index contributed by atoms with van der Waals surface area (Å²) in [7, 11) is 4.07. The Bertz CT molecular complexity index is 269. The fraction of sp³-hybridized carbons (Fsp3) is 0.929. The van der Waals surface area contributed by atoms with Gasteiger partial charge in [0.15, 0.2) is 0 Å². The molecular formula is C14H31N3O2. The molecule has 0 bridgehead atoms. The first-order valence-electron chi connectivity index (χ1n) is 7.06. The number of carboxylic acids is 1. The lowest BCUT2D eigenvalue weighted by Gasteiger charge is -2.34. The summed E-state index contributed by atoms with van der Waals surface area (Å²) in [4.78, 5) is 15.8. The lowest BCUT2D eigenvalue weighted by Crippen LogP contribution is -2.57. The van der Waals surface area contributed by atoms with Crippen LogP contribution in [0.2, 0.25) is 0 Å². The Balaban J connectivity index is 4.69. The normalized spacial score (nSPS) is 15.2. The summed E-state index contributed by atoms with van der Waals surface area (Å²) in [5.74, 6) is -0.255. The molecule has 0 aliphatic carbocycles. The maximum absolute atomic E-state index is 11.5. The van der Waals surface area contributed by atoms with Crippen LogP contribution in [-0.4, -0.2) is 73.2 Å². The fourth-order valence-electron chi connectivity index (χ4n) is 2.13. The van der Waals surface area contributed by atoms with E-state index in [1.165, 1.54) is 0 Å². The summed E-state index contributed by atoms with van der Waals surface area (Å²) in [6.07, 6.45) is 0. The summed E-state index contributed by atoms with van der Waals surface area (Å²) in [5.41, 5.74) is -0.879. The Morgan fingerprint density at radius 2 is 1.89 bits per heavy atom. The molecule has 0 heterocycles. The van der Waals surface area contributed by atoms with Gasteiger partial charge in [-0.2, -0.15) is 0 Å². The molecule has 5 nitrogen and oxygen atoms in total. The monoisotopic (exact) mass is 273 g/mol. The molecule has 2 N–H and O–H groups in total. The molecule has 0 aliphatic rings. The summed E-state index contributed by atoms with van der Waals surface area (Å²) < 4.78 is 0. The molecular weight excluding hydrogens is 242 g/mol. The smallest absolute Gasteiger partial charge is 0.324 e. The minimum absolute atomic E-state index is 0.529. The van der Waals surface area contributed by atoms with E-state index in [9.17, 15) is 9.90 Å². The quantitative estimate of drug-likeness (QED) is 0.621. The van der Waals surface area contributed by atoms with E-state index in [4.69, 9.17) is 0 Å². The molecule has 114 valence electrons. The van der Waals surface area contributed by atoms with E-state index >= 15 is 0 Å². The van der Waals surface area contributed by atoms with Crippen molar-refractivity contribution < 1.29 is 9.90 Å². The second-order valence-corrected chi connectivity index (χ2v) is 6.10. The van der Waals surface area contributed by atoms with E-state index in [0.29, 0.717) is 19.0 Å². The van der Waals surface area contributed by atoms with Crippen LogP contribution in [0.25, 0.3) is 0 Å². The van der Waals surface area contributed by atoms with Crippen molar-refractivity contribution in [2.45, 2.75) is 33.2 Å². The third kappa shape index (κ3) is 7.50. The minimum Gasteiger partial charge on any atom is -0.480 e. The lowest BCUT2D eigenvalue weighted by molar-refractivity contribution is -0.145. The molecule has 0 radical (unpaired) electrons. The Morgan fingerprint density at radius 3 is 2.26 bits per heavy atom. The van der Waals surface area contributed by atoms with Crippen LogP contribution in [0.5, 0.6) is 0 Å². The Hall–Kier alpha value is -0.650. The molecule has 1 unspecified atom stereocenters. The van der Waals surface area contributed by atoms with E-state index in [0.717, 1.165) is 19.6 Å². The number of aliphatic carboxylic acids is 1. The predicted octanol–water partition coefficient (Wildman–Crippen LogP) is 0.959. The molecule has 0 spiro atoms. The Labute approximate surface area is 118 Å². The van der Waals surface area contributed by atoms with Crippen molar-refractivity contribution in [2.75, 3.05) is 46.8 Å². The molecule has 0 saturated heterocycles. The zero-order valence-corrected chi connectivity index (χ0v) is 13.4. The van der Waals surface area contributed by atoms with Crippen LogP contribution in [0.15, 0.2) is 0 Å². The highest BCUT2D eigenvalue weighted by Gasteiger charge is 2.34. The van der Waals surface area contributed by atoms with Crippen molar-refractivity contribution in [3.63, 3.8) is 0 Å². The molecule has 0 fully saturated rings. The Kier molecular flexibility index (Phi) is 8.22. The third-order valence-electron chi connectivity index (χ3n) is 3.07. The van der Waals surface area contributed by atoms with Crippen LogP contribution < -0.4 is 5.32 Å². The number of hydrogen-bond donors (Lipinski definition) is 2. The molecule has 0 aromatic carbocycles. The summed E-state index contributed by atoms with van der Waals surface area (Å²) in [6.45, 7) is 12.0. The van der Waals surface area contributed by atoms with Crippen molar-refractivity contribution in [2.24, 2.45) is 5.92 Å². The van der Waals surface area contributed by atoms with Gasteiger partial charge in [0, 0.05) is 26.2 Å². The van der Waals surface area contributed by atoms with Gasteiger partial charge in [-0.25, -0.2) is 0 Å². The van der Waals surface area contributed by atoms with Crippen molar-refractivity contribution in [1.82, 2.24) is 15.1 Å². The van der Waals surface area contributed by atoms with Crippen molar-refractivity contribution >= 4 is 5.97 Å². The van der Waals surface area contributed by atoms with Gasteiger partial charge in [0.25, 0.3) is 0 Å². The second kappa shape index (κ2) is 8.51. The van der Waals surface area contributed by atoms with Gasteiger partial charge < -0.3 is 15.3 Å². The van der Waals surface area contributed by atoms with E-state index in [1.807, 2.05) is 21.0 Å². The van der Waals surface area contributed by atoms with Crippen LogP contribution in [0.1, 0.15) is 27.7 Å². The molecule has 0 aromatic rings. The minimum atomic E-state index is -0.879. The van der Waals surface area contributed by atoms with Gasteiger partial charge in [-0.3, -0.25) is 9.69 Å². The van der Waals surface area contributed by atoms with E-state index in [2.05, 4.69) is 29.0 Å². The first-order chi connectivity index (χ1) is 8.71. The largest absolute Gasteiger partial charge is 0.480 e. The number of carboxylic acid groups (broad SMARTS) is 1. The highest BCUT2D eigenvalue weighted by molar-refractivity contribution is 5.78. The van der Waals surface area contributed by atoms with Gasteiger partial charge in [-0.05, 0) is 33.5 Å². The average Bonchev–Trinajstić information content (AvgIpc) is 2.25. The van der Waals surface area contributed by atoms with Gasteiger partial charge in [-0.1, -0.05) is 20.8 Å². The lowest BCUT2D eigenvalue weighted by atomic mass is 10.0. The summed E-state index contributed by atoms with van der Waals surface area (Å²) in [6, 6.07) is 0. The molecule has 0 amide bonds. The van der Waals surface area contributed by atoms with Gasteiger partial charge in [0.05, 0.1) is 0 Å². The van der Waals surface area contributed by atoms with Crippen molar-refractivity contribution in [3.05, 3.63) is 0 Å². The predicted molar refractivity (Wildman–Crippen MR) is 79.5 cm³/mol. The number of rotatable bonds is 10. The standard InChI is InChI=1S/C14H31N3O2/c1-7-15-14(4,13(18)19)11-17(10-12(2)3)9-8-16(5)6/h12,15H,7-11H2,1-6H3,(H,18,19).